The molecule has 0 bridgehead atoms. The molecule has 0 aromatic heterocycles. The van der Waals surface area contributed by atoms with E-state index in [0.717, 1.165) is 5.69 Å². The lowest BCUT2D eigenvalue weighted by Crippen LogP contribution is -2.29. The molecule has 0 radical (unpaired) electrons. The lowest BCUT2D eigenvalue weighted by atomic mass is 10.1. The van der Waals surface area contributed by atoms with Crippen molar-refractivity contribution in [1.29, 1.82) is 0 Å². The Kier molecular flexibility index (Phi) is 4.93. The number of carbonyl (C=O) groups is 1. The van der Waals surface area contributed by atoms with Gasteiger partial charge >= 0.3 is 0 Å². The average molecular weight is 237 g/mol. The molecule has 0 saturated heterocycles. The predicted molar refractivity (Wildman–Crippen MR) is 67.5 cm³/mol. The number of aliphatic hydroxyl groups is 1. The van der Waals surface area contributed by atoms with Gasteiger partial charge in [-0.2, -0.15) is 0 Å². The molecule has 1 amide bonds. The zero-order chi connectivity index (χ0) is 12.8. The first-order chi connectivity index (χ1) is 8.04. The highest BCUT2D eigenvalue weighted by Crippen LogP contribution is 2.10. The summed E-state index contributed by atoms with van der Waals surface area (Å²) in [6.45, 7) is 2.24. The van der Waals surface area contributed by atoms with Gasteiger partial charge in [0.2, 0.25) is 0 Å². The van der Waals surface area contributed by atoms with Gasteiger partial charge in [-0.15, -0.1) is 0 Å². The molecule has 1 aromatic rings. The van der Waals surface area contributed by atoms with Gasteiger partial charge in [0.1, 0.15) is 0 Å². The second-order valence-electron chi connectivity index (χ2n) is 4.09. The van der Waals surface area contributed by atoms with Gasteiger partial charge in [-0.3, -0.25) is 10.6 Å². The minimum absolute atomic E-state index is 0.0609. The van der Waals surface area contributed by atoms with E-state index in [0.29, 0.717) is 18.5 Å². The number of aliphatic hydroxyl groups excluding tert-OH is 1. The summed E-state index contributed by atoms with van der Waals surface area (Å²) in [6, 6.07) is 6.93. The fourth-order valence-corrected chi connectivity index (χ4v) is 1.41. The largest absolute Gasteiger partial charge is 0.393 e. The van der Waals surface area contributed by atoms with Gasteiger partial charge < -0.3 is 15.4 Å². The van der Waals surface area contributed by atoms with E-state index in [1.54, 1.807) is 43.1 Å². The number of hydrazine groups is 1. The molecule has 0 heterocycles. The Hall–Kier alpha value is -1.59. The normalized spacial score (nSPS) is 12.0. The van der Waals surface area contributed by atoms with E-state index in [4.69, 9.17) is 10.9 Å². The Morgan fingerprint density at radius 3 is 2.53 bits per heavy atom. The minimum Gasteiger partial charge on any atom is -0.393 e. The molecule has 0 spiro atoms. The van der Waals surface area contributed by atoms with Crippen molar-refractivity contribution >= 4 is 11.6 Å². The molecule has 1 aromatic carbocycles. The SMILES string of the molecule is CC(O)CCN(C)C(=O)c1ccc(NN)cc1. The topological polar surface area (TPSA) is 78.6 Å². The molecule has 94 valence electrons. The molecular weight excluding hydrogens is 218 g/mol. The molecule has 0 aliphatic carbocycles. The van der Waals surface area contributed by atoms with Crippen LogP contribution in [0.25, 0.3) is 0 Å². The second-order valence-corrected chi connectivity index (χ2v) is 4.09. The van der Waals surface area contributed by atoms with Crippen LogP contribution < -0.4 is 11.3 Å². The highest BCUT2D eigenvalue weighted by Gasteiger charge is 2.11. The highest BCUT2D eigenvalue weighted by molar-refractivity contribution is 5.94. The summed E-state index contributed by atoms with van der Waals surface area (Å²) in [5, 5.41) is 9.16. The Labute approximate surface area is 101 Å². The molecule has 0 aliphatic rings. The number of nitrogen functional groups attached to an aromatic ring is 1. The number of benzene rings is 1. The minimum atomic E-state index is -0.394. The molecule has 5 nitrogen and oxygen atoms in total. The zero-order valence-electron chi connectivity index (χ0n) is 10.2. The van der Waals surface area contributed by atoms with E-state index in [1.165, 1.54) is 0 Å². The van der Waals surface area contributed by atoms with Gasteiger partial charge in [0.25, 0.3) is 5.91 Å². The van der Waals surface area contributed by atoms with E-state index in [2.05, 4.69) is 5.43 Å². The van der Waals surface area contributed by atoms with E-state index in [9.17, 15) is 4.79 Å². The molecule has 17 heavy (non-hydrogen) atoms. The van der Waals surface area contributed by atoms with Gasteiger partial charge in [0, 0.05) is 24.8 Å². The van der Waals surface area contributed by atoms with Crippen LogP contribution in [0.1, 0.15) is 23.7 Å². The third kappa shape index (κ3) is 4.05. The first-order valence-electron chi connectivity index (χ1n) is 5.55. The summed E-state index contributed by atoms with van der Waals surface area (Å²) < 4.78 is 0. The molecule has 4 N–H and O–H groups in total. The maximum absolute atomic E-state index is 11.9. The van der Waals surface area contributed by atoms with Crippen LogP contribution >= 0.6 is 0 Å². The molecule has 0 saturated carbocycles. The number of carbonyl (C=O) groups excluding carboxylic acids is 1. The van der Waals surface area contributed by atoms with Gasteiger partial charge in [-0.1, -0.05) is 0 Å². The third-order valence-corrected chi connectivity index (χ3v) is 2.53. The second kappa shape index (κ2) is 6.22. The maximum atomic E-state index is 11.9. The number of nitrogens with zero attached hydrogens (tertiary/aromatic N) is 1. The number of hydrogen-bond donors (Lipinski definition) is 3. The van der Waals surface area contributed by atoms with Crippen molar-refractivity contribution in [2.75, 3.05) is 19.0 Å². The number of anilines is 1. The Balaban J connectivity index is 2.61. The first-order valence-corrected chi connectivity index (χ1v) is 5.55. The van der Waals surface area contributed by atoms with Crippen LogP contribution in [0.3, 0.4) is 0 Å². The van der Waals surface area contributed by atoms with E-state index in [1.807, 2.05) is 0 Å². The number of nitrogens with two attached hydrogens (primary N) is 1. The van der Waals surface area contributed by atoms with Crippen LogP contribution in [-0.2, 0) is 0 Å². The van der Waals surface area contributed by atoms with Crippen molar-refractivity contribution in [3.8, 4) is 0 Å². The standard InChI is InChI=1S/C12H19N3O2/c1-9(16)7-8-15(2)12(17)10-3-5-11(14-13)6-4-10/h3-6,9,14,16H,7-8,13H2,1-2H3. The number of nitrogens with one attached hydrogen (secondary N) is 1. The highest BCUT2D eigenvalue weighted by atomic mass is 16.3. The summed E-state index contributed by atoms with van der Waals surface area (Å²) >= 11 is 0. The van der Waals surface area contributed by atoms with Crippen molar-refractivity contribution in [3.05, 3.63) is 29.8 Å². The van der Waals surface area contributed by atoms with Gasteiger partial charge in [0.15, 0.2) is 0 Å². The fraction of sp³-hybridized carbons (Fsp3) is 0.417. The zero-order valence-corrected chi connectivity index (χ0v) is 10.2. The number of hydrogen-bond acceptors (Lipinski definition) is 4. The van der Waals surface area contributed by atoms with E-state index >= 15 is 0 Å². The Morgan fingerprint density at radius 1 is 1.47 bits per heavy atom. The monoisotopic (exact) mass is 237 g/mol. The smallest absolute Gasteiger partial charge is 0.253 e. The summed E-state index contributed by atoms with van der Waals surface area (Å²) in [5.41, 5.74) is 3.87. The molecule has 0 fully saturated rings. The lowest BCUT2D eigenvalue weighted by molar-refractivity contribution is 0.0769. The van der Waals surface area contributed by atoms with Crippen LogP contribution in [0.2, 0.25) is 0 Å². The molecule has 5 heteroatoms. The van der Waals surface area contributed by atoms with Crippen LogP contribution in [0.4, 0.5) is 5.69 Å². The van der Waals surface area contributed by atoms with Crippen LogP contribution in [0.5, 0.6) is 0 Å². The molecule has 1 unspecified atom stereocenters. The lowest BCUT2D eigenvalue weighted by Gasteiger charge is -2.18. The third-order valence-electron chi connectivity index (χ3n) is 2.53. The predicted octanol–water partition coefficient (Wildman–Crippen LogP) is 0.815. The fourth-order valence-electron chi connectivity index (χ4n) is 1.41. The average Bonchev–Trinajstić information content (AvgIpc) is 2.35. The van der Waals surface area contributed by atoms with Crippen molar-refractivity contribution < 1.29 is 9.90 Å². The van der Waals surface area contributed by atoms with Crippen LogP contribution in [0, 0.1) is 0 Å². The summed E-state index contributed by atoms with van der Waals surface area (Å²) in [6.07, 6.45) is 0.180. The molecule has 1 rings (SSSR count). The Bertz CT molecular complexity index is 363. The first kappa shape index (κ1) is 13.5. The van der Waals surface area contributed by atoms with Gasteiger partial charge in [0.05, 0.1) is 6.10 Å². The Morgan fingerprint density at radius 2 is 2.06 bits per heavy atom. The maximum Gasteiger partial charge on any atom is 0.253 e. The van der Waals surface area contributed by atoms with Gasteiger partial charge in [-0.05, 0) is 37.6 Å². The molecule has 1 atom stereocenters. The summed E-state index contributed by atoms with van der Waals surface area (Å²) in [4.78, 5) is 13.5. The quantitative estimate of drug-likeness (QED) is 0.523. The van der Waals surface area contributed by atoms with Gasteiger partial charge in [-0.25, -0.2) is 0 Å². The molecular formula is C12H19N3O2. The van der Waals surface area contributed by atoms with Crippen molar-refractivity contribution in [2.24, 2.45) is 5.84 Å². The summed E-state index contributed by atoms with van der Waals surface area (Å²) in [7, 11) is 1.72. The summed E-state index contributed by atoms with van der Waals surface area (Å²) in [5.74, 6) is 5.18. The van der Waals surface area contributed by atoms with Crippen molar-refractivity contribution in [2.45, 2.75) is 19.4 Å². The number of amides is 1. The number of rotatable bonds is 5. The van der Waals surface area contributed by atoms with E-state index in [-0.39, 0.29) is 5.91 Å². The van der Waals surface area contributed by atoms with Crippen LogP contribution in [0.15, 0.2) is 24.3 Å². The van der Waals surface area contributed by atoms with E-state index < -0.39 is 6.10 Å². The van der Waals surface area contributed by atoms with Crippen molar-refractivity contribution in [3.63, 3.8) is 0 Å². The molecule has 0 aliphatic heterocycles. The van der Waals surface area contributed by atoms with Crippen LogP contribution in [-0.4, -0.2) is 35.6 Å². The van der Waals surface area contributed by atoms with Crippen molar-refractivity contribution in [1.82, 2.24) is 4.90 Å².